The van der Waals surface area contributed by atoms with E-state index in [1.807, 2.05) is 0 Å². The van der Waals surface area contributed by atoms with Crippen LogP contribution in [0.25, 0.3) is 0 Å². The Morgan fingerprint density at radius 3 is 2.70 bits per heavy atom. The van der Waals surface area contributed by atoms with E-state index in [0.29, 0.717) is 35.1 Å². The van der Waals surface area contributed by atoms with Gasteiger partial charge in [-0.15, -0.1) is 0 Å². The normalized spacial score (nSPS) is 19.8. The van der Waals surface area contributed by atoms with E-state index in [1.165, 1.54) is 18.4 Å². The summed E-state index contributed by atoms with van der Waals surface area (Å²) in [6.45, 7) is 0.576. The number of nitrogens with one attached hydrogen (secondary N) is 1. The van der Waals surface area contributed by atoms with Gasteiger partial charge in [-0.2, -0.15) is 17.0 Å². The second-order valence-electron chi connectivity index (χ2n) is 5.60. The van der Waals surface area contributed by atoms with Gasteiger partial charge in [-0.1, -0.05) is 23.2 Å². The SMILES string of the molecule is CN(C)S(=O)(=O)N1CCC[C@@H](C(=O)Nc2cc(Cl)ccc2Cl)C1. The van der Waals surface area contributed by atoms with Gasteiger partial charge in [0.25, 0.3) is 10.2 Å². The fourth-order valence-electron chi connectivity index (χ4n) is 2.43. The highest BCUT2D eigenvalue weighted by atomic mass is 35.5. The molecule has 2 rings (SSSR count). The summed E-state index contributed by atoms with van der Waals surface area (Å²) in [5, 5.41) is 3.58. The van der Waals surface area contributed by atoms with E-state index in [1.54, 1.807) is 18.2 Å². The second-order valence-corrected chi connectivity index (χ2v) is 8.59. The lowest BCUT2D eigenvalue weighted by Crippen LogP contribution is -2.47. The third-order valence-electron chi connectivity index (χ3n) is 3.73. The molecule has 9 heteroatoms. The van der Waals surface area contributed by atoms with Gasteiger partial charge in [0.2, 0.25) is 5.91 Å². The Kier molecular flexibility index (Phi) is 5.91. The third-order valence-corrected chi connectivity index (χ3v) is 6.20. The minimum atomic E-state index is -3.51. The fourth-order valence-corrected chi connectivity index (χ4v) is 3.95. The number of benzene rings is 1. The molecule has 0 aromatic heterocycles. The molecule has 1 fully saturated rings. The van der Waals surface area contributed by atoms with Crippen molar-refractivity contribution in [2.24, 2.45) is 5.92 Å². The van der Waals surface area contributed by atoms with Gasteiger partial charge in [-0.3, -0.25) is 4.79 Å². The van der Waals surface area contributed by atoms with Crippen LogP contribution in [0.15, 0.2) is 18.2 Å². The quantitative estimate of drug-likeness (QED) is 0.873. The van der Waals surface area contributed by atoms with Crippen molar-refractivity contribution in [2.75, 3.05) is 32.5 Å². The zero-order valence-electron chi connectivity index (χ0n) is 12.9. The number of carbonyl (C=O) groups excluding carboxylic acids is 1. The Bertz CT molecular complexity index is 695. The first-order valence-corrected chi connectivity index (χ1v) is 9.30. The molecule has 1 amide bonds. The molecule has 1 N–H and O–H groups in total. The molecule has 128 valence electrons. The first-order valence-electron chi connectivity index (χ1n) is 7.15. The van der Waals surface area contributed by atoms with E-state index < -0.39 is 16.1 Å². The molecule has 0 spiro atoms. The van der Waals surface area contributed by atoms with Gasteiger partial charge in [-0.05, 0) is 31.0 Å². The van der Waals surface area contributed by atoms with E-state index in [4.69, 9.17) is 23.2 Å². The molecule has 1 aliphatic heterocycles. The molecule has 0 unspecified atom stereocenters. The van der Waals surface area contributed by atoms with Crippen LogP contribution in [0, 0.1) is 5.92 Å². The molecule has 1 atom stereocenters. The average molecular weight is 380 g/mol. The summed E-state index contributed by atoms with van der Waals surface area (Å²) in [5.41, 5.74) is 0.428. The second kappa shape index (κ2) is 7.36. The summed E-state index contributed by atoms with van der Waals surface area (Å²) in [7, 11) is -0.561. The lowest BCUT2D eigenvalue weighted by atomic mass is 9.99. The summed E-state index contributed by atoms with van der Waals surface area (Å²) in [6.07, 6.45) is 1.26. The number of carbonyl (C=O) groups is 1. The highest BCUT2D eigenvalue weighted by Gasteiger charge is 2.33. The maximum Gasteiger partial charge on any atom is 0.281 e. The van der Waals surface area contributed by atoms with E-state index in [-0.39, 0.29) is 12.5 Å². The first-order chi connectivity index (χ1) is 10.7. The largest absolute Gasteiger partial charge is 0.324 e. The van der Waals surface area contributed by atoms with Crippen LogP contribution >= 0.6 is 23.2 Å². The lowest BCUT2D eigenvalue weighted by Gasteiger charge is -2.32. The lowest BCUT2D eigenvalue weighted by molar-refractivity contribution is -0.120. The summed E-state index contributed by atoms with van der Waals surface area (Å²) >= 11 is 11.9. The molecule has 6 nitrogen and oxygen atoms in total. The summed E-state index contributed by atoms with van der Waals surface area (Å²) in [4.78, 5) is 12.4. The van der Waals surface area contributed by atoms with Gasteiger partial charge in [0.15, 0.2) is 0 Å². The smallest absolute Gasteiger partial charge is 0.281 e. The molecule has 23 heavy (non-hydrogen) atoms. The molecule has 0 radical (unpaired) electrons. The molecule has 1 aromatic rings. The third kappa shape index (κ3) is 4.36. The van der Waals surface area contributed by atoms with Crippen LogP contribution in [-0.4, -0.2) is 50.1 Å². The van der Waals surface area contributed by atoms with Crippen molar-refractivity contribution in [3.63, 3.8) is 0 Å². The Hall–Kier alpha value is -0.860. The molecule has 1 aromatic carbocycles. The van der Waals surface area contributed by atoms with E-state index in [0.717, 1.165) is 4.31 Å². The number of hydrogen-bond donors (Lipinski definition) is 1. The first kappa shape index (κ1) is 18.5. The predicted octanol–water partition coefficient (Wildman–Crippen LogP) is 2.45. The van der Waals surface area contributed by atoms with Gasteiger partial charge in [0.05, 0.1) is 16.6 Å². The highest BCUT2D eigenvalue weighted by molar-refractivity contribution is 7.86. The fraction of sp³-hybridized carbons (Fsp3) is 0.500. The number of piperidine rings is 1. The molecule has 1 saturated heterocycles. The standard InChI is InChI=1S/C14H19Cl2N3O3S/c1-18(2)23(21,22)19-7-3-4-10(9-19)14(20)17-13-8-11(15)5-6-12(13)16/h5-6,8,10H,3-4,7,9H2,1-2H3,(H,17,20)/t10-/m1/s1. The maximum atomic E-state index is 12.4. The average Bonchev–Trinajstić information content (AvgIpc) is 2.50. The zero-order chi connectivity index (χ0) is 17.2. The summed E-state index contributed by atoms with van der Waals surface area (Å²) in [6, 6.07) is 4.80. The number of anilines is 1. The maximum absolute atomic E-state index is 12.4. The predicted molar refractivity (Wildman–Crippen MR) is 92.0 cm³/mol. The van der Waals surface area contributed by atoms with Crippen molar-refractivity contribution < 1.29 is 13.2 Å². The van der Waals surface area contributed by atoms with E-state index >= 15 is 0 Å². The molecule has 0 saturated carbocycles. The number of halogens is 2. The van der Waals surface area contributed by atoms with Crippen LogP contribution in [0.5, 0.6) is 0 Å². The van der Waals surface area contributed by atoms with Crippen molar-refractivity contribution >= 4 is 45.0 Å². The Morgan fingerprint density at radius 1 is 1.35 bits per heavy atom. The molecular formula is C14H19Cl2N3O3S. The van der Waals surface area contributed by atoms with Gasteiger partial charge in [0, 0.05) is 32.2 Å². The minimum Gasteiger partial charge on any atom is -0.324 e. The molecule has 0 bridgehead atoms. The van der Waals surface area contributed by atoms with Crippen LogP contribution in [0.1, 0.15) is 12.8 Å². The van der Waals surface area contributed by atoms with Crippen LogP contribution in [0.4, 0.5) is 5.69 Å². The Labute approximate surface area is 146 Å². The Morgan fingerprint density at radius 2 is 2.04 bits per heavy atom. The Balaban J connectivity index is 2.09. The monoisotopic (exact) mass is 379 g/mol. The number of nitrogens with zero attached hydrogens (tertiary/aromatic N) is 2. The van der Waals surface area contributed by atoms with Crippen molar-refractivity contribution in [2.45, 2.75) is 12.8 Å². The van der Waals surface area contributed by atoms with Crippen LogP contribution in [0.3, 0.4) is 0 Å². The summed E-state index contributed by atoms with van der Waals surface area (Å²) < 4.78 is 26.9. The highest BCUT2D eigenvalue weighted by Crippen LogP contribution is 2.27. The molecule has 1 aliphatic rings. The van der Waals surface area contributed by atoms with Crippen molar-refractivity contribution in [1.29, 1.82) is 0 Å². The summed E-state index contributed by atoms with van der Waals surface area (Å²) in [5.74, 6) is -0.679. The van der Waals surface area contributed by atoms with Gasteiger partial charge in [-0.25, -0.2) is 0 Å². The topological polar surface area (TPSA) is 69.7 Å². The van der Waals surface area contributed by atoms with Crippen LogP contribution in [0.2, 0.25) is 10.0 Å². The number of rotatable bonds is 4. The molecular weight excluding hydrogens is 361 g/mol. The zero-order valence-corrected chi connectivity index (χ0v) is 15.2. The molecule has 1 heterocycles. The van der Waals surface area contributed by atoms with Crippen molar-refractivity contribution in [3.8, 4) is 0 Å². The van der Waals surface area contributed by atoms with E-state index in [9.17, 15) is 13.2 Å². The van der Waals surface area contributed by atoms with Crippen molar-refractivity contribution in [3.05, 3.63) is 28.2 Å². The minimum absolute atomic E-state index is 0.157. The van der Waals surface area contributed by atoms with E-state index in [2.05, 4.69) is 5.32 Å². The van der Waals surface area contributed by atoms with Crippen LogP contribution in [-0.2, 0) is 15.0 Å². The van der Waals surface area contributed by atoms with Crippen LogP contribution < -0.4 is 5.32 Å². The van der Waals surface area contributed by atoms with Gasteiger partial charge >= 0.3 is 0 Å². The van der Waals surface area contributed by atoms with Crippen molar-refractivity contribution in [1.82, 2.24) is 8.61 Å². The molecule has 0 aliphatic carbocycles. The number of amides is 1. The van der Waals surface area contributed by atoms with Gasteiger partial charge < -0.3 is 5.32 Å². The number of hydrogen-bond acceptors (Lipinski definition) is 3. The van der Waals surface area contributed by atoms with Gasteiger partial charge in [0.1, 0.15) is 0 Å².